The molecular formula is C24H33IN4O3. The van der Waals surface area contributed by atoms with Crippen molar-refractivity contribution in [3.8, 4) is 5.75 Å². The van der Waals surface area contributed by atoms with Crippen LogP contribution in [0.25, 0.3) is 0 Å². The standard InChI is InChI=1S/C24H32N4O3.HI/c1-2-25-24(27-14-13-26-23(30)21-8-10-22(29)11-9-21)28-15-12-20(16-28)18-31-17-19-6-4-3-5-7-19;/h3-11,20,29H,2,12-18H2,1H3,(H,25,27)(H,26,30);1H. The number of phenolic OH excluding ortho intramolecular Hbond substituents is 1. The Balaban J connectivity index is 0.00000363. The number of rotatable bonds is 9. The van der Waals surface area contributed by atoms with Crippen LogP contribution in [0.4, 0.5) is 0 Å². The molecule has 0 saturated carbocycles. The molecule has 32 heavy (non-hydrogen) atoms. The zero-order valence-corrected chi connectivity index (χ0v) is 20.8. The Labute approximate surface area is 207 Å². The minimum absolute atomic E-state index is 0. The Morgan fingerprint density at radius 1 is 1.16 bits per heavy atom. The molecule has 1 aliphatic heterocycles. The van der Waals surface area contributed by atoms with E-state index in [9.17, 15) is 9.90 Å². The van der Waals surface area contributed by atoms with Gasteiger partial charge in [-0.15, -0.1) is 24.0 Å². The second-order valence-corrected chi connectivity index (χ2v) is 7.64. The number of phenols is 1. The van der Waals surface area contributed by atoms with E-state index in [-0.39, 0.29) is 35.6 Å². The number of carbonyl (C=O) groups excluding carboxylic acids is 1. The molecule has 1 heterocycles. The van der Waals surface area contributed by atoms with Gasteiger partial charge in [-0.25, -0.2) is 0 Å². The lowest BCUT2D eigenvalue weighted by Crippen LogP contribution is -2.40. The Bertz CT molecular complexity index is 846. The molecule has 7 nitrogen and oxygen atoms in total. The zero-order valence-electron chi connectivity index (χ0n) is 18.5. The first kappa shape index (κ1) is 25.9. The highest BCUT2D eigenvalue weighted by Gasteiger charge is 2.25. The smallest absolute Gasteiger partial charge is 0.251 e. The summed E-state index contributed by atoms with van der Waals surface area (Å²) in [6, 6.07) is 16.4. The van der Waals surface area contributed by atoms with E-state index in [1.165, 1.54) is 17.7 Å². The maximum absolute atomic E-state index is 12.1. The lowest BCUT2D eigenvalue weighted by molar-refractivity contribution is 0.0906. The van der Waals surface area contributed by atoms with E-state index in [1.54, 1.807) is 12.1 Å². The highest BCUT2D eigenvalue weighted by Crippen LogP contribution is 2.17. The number of hydrogen-bond acceptors (Lipinski definition) is 4. The summed E-state index contributed by atoms with van der Waals surface area (Å²) >= 11 is 0. The first-order chi connectivity index (χ1) is 15.2. The summed E-state index contributed by atoms with van der Waals surface area (Å²) in [5.74, 6) is 1.34. The third kappa shape index (κ3) is 8.31. The summed E-state index contributed by atoms with van der Waals surface area (Å²) < 4.78 is 5.92. The molecule has 0 aliphatic carbocycles. The molecule has 1 amide bonds. The fraction of sp³-hybridized carbons (Fsp3) is 0.417. The van der Waals surface area contributed by atoms with Gasteiger partial charge >= 0.3 is 0 Å². The van der Waals surface area contributed by atoms with Crippen molar-refractivity contribution in [2.45, 2.75) is 20.0 Å². The number of nitrogens with zero attached hydrogens (tertiary/aromatic N) is 2. The van der Waals surface area contributed by atoms with E-state index in [4.69, 9.17) is 4.74 Å². The lowest BCUT2D eigenvalue weighted by atomic mass is 10.1. The molecule has 2 aromatic rings. The molecule has 8 heteroatoms. The first-order valence-electron chi connectivity index (χ1n) is 10.9. The number of likely N-dealkylation sites (tertiary alicyclic amines) is 1. The number of aliphatic imine (C=N–C) groups is 1. The zero-order chi connectivity index (χ0) is 21.9. The minimum Gasteiger partial charge on any atom is -0.508 e. The summed E-state index contributed by atoms with van der Waals surface area (Å²) in [4.78, 5) is 19.1. The maximum Gasteiger partial charge on any atom is 0.251 e. The van der Waals surface area contributed by atoms with Crippen molar-refractivity contribution < 1.29 is 14.6 Å². The quantitative estimate of drug-likeness (QED) is 0.193. The molecule has 1 aliphatic rings. The Morgan fingerprint density at radius 2 is 1.91 bits per heavy atom. The van der Waals surface area contributed by atoms with Gasteiger partial charge in [0.15, 0.2) is 5.96 Å². The molecule has 3 rings (SSSR count). The molecule has 0 radical (unpaired) electrons. The van der Waals surface area contributed by atoms with E-state index >= 15 is 0 Å². The summed E-state index contributed by atoms with van der Waals surface area (Å²) in [6.07, 6.45) is 1.08. The van der Waals surface area contributed by atoms with Crippen LogP contribution < -0.4 is 10.6 Å². The van der Waals surface area contributed by atoms with Crippen molar-refractivity contribution in [1.29, 1.82) is 0 Å². The van der Waals surface area contributed by atoms with Gasteiger partial charge in [0.2, 0.25) is 0 Å². The molecule has 174 valence electrons. The fourth-order valence-electron chi connectivity index (χ4n) is 3.55. The highest BCUT2D eigenvalue weighted by molar-refractivity contribution is 14.0. The number of carbonyl (C=O) groups is 1. The number of aromatic hydroxyl groups is 1. The largest absolute Gasteiger partial charge is 0.508 e. The Hall–Kier alpha value is -2.33. The molecule has 0 aromatic heterocycles. The molecule has 0 bridgehead atoms. The predicted octanol–water partition coefficient (Wildman–Crippen LogP) is 3.24. The van der Waals surface area contributed by atoms with Crippen LogP contribution in [0.15, 0.2) is 59.6 Å². The number of halogens is 1. The number of benzene rings is 2. The van der Waals surface area contributed by atoms with Crippen molar-refractivity contribution in [3.63, 3.8) is 0 Å². The molecule has 1 fully saturated rings. The summed E-state index contributed by atoms with van der Waals surface area (Å²) in [5.41, 5.74) is 1.72. The normalized spacial score (nSPS) is 15.8. The molecule has 1 saturated heterocycles. The fourth-order valence-corrected chi connectivity index (χ4v) is 3.55. The lowest BCUT2D eigenvalue weighted by Gasteiger charge is -2.21. The first-order valence-corrected chi connectivity index (χ1v) is 10.9. The monoisotopic (exact) mass is 552 g/mol. The number of ether oxygens (including phenoxy) is 1. The van der Waals surface area contributed by atoms with Crippen molar-refractivity contribution >= 4 is 35.8 Å². The molecular weight excluding hydrogens is 519 g/mol. The van der Waals surface area contributed by atoms with Gasteiger partial charge in [0, 0.05) is 37.7 Å². The van der Waals surface area contributed by atoms with Gasteiger partial charge in [0.1, 0.15) is 5.75 Å². The Morgan fingerprint density at radius 3 is 2.62 bits per heavy atom. The van der Waals surface area contributed by atoms with Crippen LogP contribution in [0.3, 0.4) is 0 Å². The van der Waals surface area contributed by atoms with Gasteiger partial charge < -0.3 is 25.4 Å². The van der Waals surface area contributed by atoms with Gasteiger partial charge in [0.05, 0.1) is 19.8 Å². The third-order valence-electron chi connectivity index (χ3n) is 5.17. The van der Waals surface area contributed by atoms with Crippen LogP contribution in [0.5, 0.6) is 5.75 Å². The van der Waals surface area contributed by atoms with Gasteiger partial charge in [-0.1, -0.05) is 30.3 Å². The average molecular weight is 552 g/mol. The molecule has 1 atom stereocenters. The van der Waals surface area contributed by atoms with Crippen molar-refractivity contribution in [1.82, 2.24) is 15.5 Å². The summed E-state index contributed by atoms with van der Waals surface area (Å²) in [5, 5.41) is 15.5. The van der Waals surface area contributed by atoms with Gasteiger partial charge in [-0.3, -0.25) is 9.79 Å². The molecule has 3 N–H and O–H groups in total. The van der Waals surface area contributed by atoms with E-state index in [0.29, 0.717) is 31.2 Å². The molecule has 0 spiro atoms. The second kappa shape index (κ2) is 13.9. The van der Waals surface area contributed by atoms with Crippen LogP contribution in [0.2, 0.25) is 0 Å². The Kier molecular flexibility index (Phi) is 11.3. The van der Waals surface area contributed by atoms with Crippen LogP contribution in [-0.4, -0.2) is 61.2 Å². The average Bonchev–Trinajstić information content (AvgIpc) is 3.26. The van der Waals surface area contributed by atoms with Crippen LogP contribution in [0.1, 0.15) is 29.3 Å². The maximum atomic E-state index is 12.1. The van der Waals surface area contributed by atoms with Crippen LogP contribution in [0, 0.1) is 5.92 Å². The van der Waals surface area contributed by atoms with E-state index in [2.05, 4.69) is 39.6 Å². The van der Waals surface area contributed by atoms with Crippen molar-refractivity contribution in [2.75, 3.05) is 39.3 Å². The molecule has 1 unspecified atom stereocenters. The van der Waals surface area contributed by atoms with Crippen molar-refractivity contribution in [2.24, 2.45) is 10.9 Å². The number of hydrogen-bond donors (Lipinski definition) is 3. The second-order valence-electron chi connectivity index (χ2n) is 7.64. The number of amides is 1. The summed E-state index contributed by atoms with van der Waals surface area (Å²) in [6.45, 7) is 7.05. The van der Waals surface area contributed by atoms with Crippen LogP contribution >= 0.6 is 24.0 Å². The number of guanidine groups is 1. The SMILES string of the molecule is CCNC(=NCCNC(=O)c1ccc(O)cc1)N1CCC(COCc2ccccc2)C1.I. The van der Waals surface area contributed by atoms with Gasteiger partial charge in [-0.05, 0) is 43.2 Å². The van der Waals surface area contributed by atoms with E-state index < -0.39 is 0 Å². The van der Waals surface area contributed by atoms with Crippen molar-refractivity contribution in [3.05, 3.63) is 65.7 Å². The molecule has 2 aromatic carbocycles. The number of nitrogens with one attached hydrogen (secondary N) is 2. The van der Waals surface area contributed by atoms with Gasteiger partial charge in [-0.2, -0.15) is 0 Å². The predicted molar refractivity (Wildman–Crippen MR) is 138 cm³/mol. The topological polar surface area (TPSA) is 86.2 Å². The van der Waals surface area contributed by atoms with Gasteiger partial charge in [0.25, 0.3) is 5.91 Å². The van der Waals surface area contributed by atoms with E-state index in [0.717, 1.165) is 38.6 Å². The third-order valence-corrected chi connectivity index (χ3v) is 5.17. The van der Waals surface area contributed by atoms with Crippen LogP contribution in [-0.2, 0) is 11.3 Å². The highest BCUT2D eigenvalue weighted by atomic mass is 127. The summed E-state index contributed by atoms with van der Waals surface area (Å²) in [7, 11) is 0. The minimum atomic E-state index is -0.169. The van der Waals surface area contributed by atoms with E-state index in [1.807, 2.05) is 18.2 Å².